The number of rotatable bonds is 3. The smallest absolute Gasteiger partial charge is 0.0205 e. The lowest BCUT2D eigenvalue weighted by atomic mass is 10.1. The third kappa shape index (κ3) is 2.84. The van der Waals surface area contributed by atoms with E-state index in [9.17, 15) is 0 Å². The summed E-state index contributed by atoms with van der Waals surface area (Å²) in [5.41, 5.74) is 2.50. The summed E-state index contributed by atoms with van der Waals surface area (Å²) in [6.45, 7) is 5.76. The third-order valence-corrected chi connectivity index (χ3v) is 2.84. The Morgan fingerprint density at radius 1 is 1.29 bits per heavy atom. The Morgan fingerprint density at radius 3 is 2.43 bits per heavy atom. The highest BCUT2D eigenvalue weighted by Gasteiger charge is 2.01. The van der Waals surface area contributed by atoms with E-state index in [1.165, 1.54) is 14.7 Å². The third-order valence-electron chi connectivity index (χ3n) is 1.89. The second-order valence-electron chi connectivity index (χ2n) is 2.82. The van der Waals surface area contributed by atoms with Gasteiger partial charge in [0, 0.05) is 3.58 Å². The van der Waals surface area contributed by atoms with E-state index in [0.717, 1.165) is 0 Å². The van der Waals surface area contributed by atoms with Gasteiger partial charge in [0.05, 0.1) is 0 Å². The molecule has 0 aliphatic carbocycles. The van der Waals surface area contributed by atoms with E-state index in [4.69, 9.17) is 0 Å². The molecule has 0 aliphatic heterocycles. The van der Waals surface area contributed by atoms with E-state index in [-0.39, 0.29) is 0 Å². The topological polar surface area (TPSA) is 0 Å². The van der Waals surface area contributed by atoms with Crippen LogP contribution >= 0.6 is 22.6 Å². The van der Waals surface area contributed by atoms with Crippen LogP contribution in [0.4, 0.5) is 0 Å². The molecule has 0 heterocycles. The maximum Gasteiger partial charge on any atom is 0.0205 e. The summed E-state index contributed by atoms with van der Waals surface area (Å²) < 4.78 is 1.21. The molecular formula is C13H13I. The predicted molar refractivity (Wildman–Crippen MR) is 72.4 cm³/mol. The van der Waals surface area contributed by atoms with Gasteiger partial charge < -0.3 is 0 Å². The number of benzene rings is 1. The first kappa shape index (κ1) is 11.2. The number of hydrogen-bond donors (Lipinski definition) is 0. The summed E-state index contributed by atoms with van der Waals surface area (Å²) in [4.78, 5) is 0. The molecule has 0 fully saturated rings. The van der Waals surface area contributed by atoms with Gasteiger partial charge in [-0.2, -0.15) is 0 Å². The fourth-order valence-corrected chi connectivity index (χ4v) is 2.13. The largest absolute Gasteiger partial charge is 0.0990 e. The van der Waals surface area contributed by atoms with E-state index in [2.05, 4.69) is 66.4 Å². The highest BCUT2D eigenvalue weighted by molar-refractivity contribution is 14.1. The molecular weight excluding hydrogens is 283 g/mol. The Morgan fingerprint density at radius 2 is 1.93 bits per heavy atom. The summed E-state index contributed by atoms with van der Waals surface area (Å²) in [5, 5.41) is 0. The van der Waals surface area contributed by atoms with Crippen molar-refractivity contribution >= 4 is 28.2 Å². The molecule has 0 saturated carbocycles. The molecule has 0 nitrogen and oxygen atoms in total. The Hall–Kier alpha value is -0.830. The van der Waals surface area contributed by atoms with Crippen LogP contribution in [0, 0.1) is 0 Å². The van der Waals surface area contributed by atoms with Crippen molar-refractivity contribution in [1.82, 2.24) is 0 Å². The Kier molecular flexibility index (Phi) is 4.66. The first-order chi connectivity index (χ1) is 6.79. The van der Waals surface area contributed by atoms with Gasteiger partial charge in [-0.05, 0) is 46.7 Å². The van der Waals surface area contributed by atoms with Crippen molar-refractivity contribution in [3.05, 3.63) is 64.3 Å². The summed E-state index contributed by atoms with van der Waals surface area (Å²) in [7, 11) is 0. The minimum absolute atomic E-state index is 1.21. The normalized spacial score (nSPS) is 12.7. The molecule has 0 bridgehead atoms. The Balaban J connectivity index is 3.07. The molecule has 0 aliphatic rings. The van der Waals surface area contributed by atoms with Gasteiger partial charge >= 0.3 is 0 Å². The second kappa shape index (κ2) is 5.81. The minimum Gasteiger partial charge on any atom is -0.0990 e. The molecule has 1 aromatic rings. The molecule has 1 rings (SSSR count). The first-order valence-electron chi connectivity index (χ1n) is 4.50. The fourth-order valence-electron chi connectivity index (χ4n) is 1.25. The number of halogens is 1. The van der Waals surface area contributed by atoms with Gasteiger partial charge in [0.1, 0.15) is 0 Å². The van der Waals surface area contributed by atoms with Crippen LogP contribution in [0.1, 0.15) is 12.5 Å². The second-order valence-corrected chi connectivity index (χ2v) is 3.98. The van der Waals surface area contributed by atoms with Crippen LogP contribution in [-0.4, -0.2) is 0 Å². The van der Waals surface area contributed by atoms with Crippen molar-refractivity contribution in [1.29, 1.82) is 0 Å². The SMILES string of the molecule is C=C/C=C(I)\C(=C/C)c1ccccc1. The van der Waals surface area contributed by atoms with E-state index < -0.39 is 0 Å². The van der Waals surface area contributed by atoms with Crippen molar-refractivity contribution in [2.45, 2.75) is 6.92 Å². The van der Waals surface area contributed by atoms with E-state index in [0.29, 0.717) is 0 Å². The Bertz CT molecular complexity index is 358. The van der Waals surface area contributed by atoms with Crippen molar-refractivity contribution in [3.8, 4) is 0 Å². The molecule has 0 saturated heterocycles. The average molecular weight is 296 g/mol. The van der Waals surface area contributed by atoms with Gasteiger partial charge in [-0.25, -0.2) is 0 Å². The fraction of sp³-hybridized carbons (Fsp3) is 0.0769. The molecule has 1 aromatic carbocycles. The van der Waals surface area contributed by atoms with Crippen LogP contribution in [0.3, 0.4) is 0 Å². The molecule has 0 N–H and O–H groups in total. The molecule has 0 atom stereocenters. The predicted octanol–water partition coefficient (Wildman–Crippen LogP) is 4.59. The molecule has 14 heavy (non-hydrogen) atoms. The van der Waals surface area contributed by atoms with Gasteiger partial charge in [-0.15, -0.1) is 0 Å². The number of hydrogen-bond acceptors (Lipinski definition) is 0. The molecule has 0 unspecified atom stereocenters. The summed E-state index contributed by atoms with van der Waals surface area (Å²) in [6.07, 6.45) is 5.95. The molecule has 1 heteroatoms. The maximum atomic E-state index is 3.70. The molecule has 0 aromatic heterocycles. The molecule has 0 spiro atoms. The van der Waals surface area contributed by atoms with Gasteiger partial charge in [0.15, 0.2) is 0 Å². The maximum absolute atomic E-state index is 3.70. The number of allylic oxidation sites excluding steroid dienone is 5. The molecule has 0 radical (unpaired) electrons. The van der Waals surface area contributed by atoms with Gasteiger partial charge in [0.2, 0.25) is 0 Å². The van der Waals surface area contributed by atoms with Crippen LogP contribution in [0.25, 0.3) is 5.57 Å². The quantitative estimate of drug-likeness (QED) is 0.565. The van der Waals surface area contributed by atoms with Gasteiger partial charge in [0.25, 0.3) is 0 Å². The lowest BCUT2D eigenvalue weighted by Crippen LogP contribution is -1.82. The van der Waals surface area contributed by atoms with Crippen LogP contribution < -0.4 is 0 Å². The standard InChI is InChI=1S/C13H13I/c1-3-8-13(14)12(4-2)11-9-6-5-7-10-11/h3-10H,1H2,2H3/b12-4-,13-8+. The zero-order chi connectivity index (χ0) is 10.4. The molecule has 72 valence electrons. The lowest BCUT2D eigenvalue weighted by molar-refractivity contribution is 1.59. The molecule has 0 amide bonds. The zero-order valence-corrected chi connectivity index (χ0v) is 10.4. The van der Waals surface area contributed by atoms with Crippen LogP contribution in [0.2, 0.25) is 0 Å². The first-order valence-corrected chi connectivity index (χ1v) is 5.57. The van der Waals surface area contributed by atoms with E-state index in [1.54, 1.807) is 0 Å². The summed E-state index contributed by atoms with van der Waals surface area (Å²) >= 11 is 2.33. The van der Waals surface area contributed by atoms with Crippen molar-refractivity contribution in [2.75, 3.05) is 0 Å². The monoisotopic (exact) mass is 296 g/mol. The van der Waals surface area contributed by atoms with Crippen molar-refractivity contribution in [2.24, 2.45) is 0 Å². The van der Waals surface area contributed by atoms with Gasteiger partial charge in [-0.3, -0.25) is 0 Å². The average Bonchev–Trinajstić information content (AvgIpc) is 2.21. The van der Waals surface area contributed by atoms with Crippen LogP contribution in [-0.2, 0) is 0 Å². The highest BCUT2D eigenvalue weighted by Crippen LogP contribution is 2.27. The Labute approximate surface area is 99.2 Å². The van der Waals surface area contributed by atoms with Crippen molar-refractivity contribution in [3.63, 3.8) is 0 Å². The minimum atomic E-state index is 1.21. The zero-order valence-electron chi connectivity index (χ0n) is 8.20. The highest BCUT2D eigenvalue weighted by atomic mass is 127. The van der Waals surface area contributed by atoms with Crippen LogP contribution in [0.15, 0.2) is 58.7 Å². The summed E-state index contributed by atoms with van der Waals surface area (Å²) in [5.74, 6) is 0. The van der Waals surface area contributed by atoms with E-state index in [1.807, 2.05) is 18.2 Å². The summed E-state index contributed by atoms with van der Waals surface area (Å²) in [6, 6.07) is 10.4. The van der Waals surface area contributed by atoms with Crippen LogP contribution in [0.5, 0.6) is 0 Å². The van der Waals surface area contributed by atoms with E-state index >= 15 is 0 Å². The van der Waals surface area contributed by atoms with Crippen molar-refractivity contribution < 1.29 is 0 Å². The lowest BCUT2D eigenvalue weighted by Gasteiger charge is -2.05. The van der Waals surface area contributed by atoms with Gasteiger partial charge in [-0.1, -0.05) is 49.1 Å².